The maximum absolute atomic E-state index is 11.9. The Morgan fingerprint density at radius 3 is 2.62 bits per heavy atom. The molecule has 0 aromatic heterocycles. The topological polar surface area (TPSA) is 84.7 Å². The Labute approximate surface area is 144 Å². The monoisotopic (exact) mass is 335 g/mol. The summed E-state index contributed by atoms with van der Waals surface area (Å²) in [4.78, 5) is 25.4. The fraction of sp³-hybridized carbons (Fsp3) is 0.556. The molecule has 0 aliphatic rings. The molecule has 0 saturated carbocycles. The third kappa shape index (κ3) is 7.46. The number of benzene rings is 1. The van der Waals surface area contributed by atoms with Crippen molar-refractivity contribution in [1.82, 2.24) is 10.2 Å². The first kappa shape index (κ1) is 20.0. The van der Waals surface area contributed by atoms with Gasteiger partial charge >= 0.3 is 0 Å². The quantitative estimate of drug-likeness (QED) is 0.646. The Hall–Kier alpha value is -2.08. The van der Waals surface area contributed by atoms with Crippen LogP contribution >= 0.6 is 0 Å². The number of nitrogens with two attached hydrogens (primary N) is 1. The highest BCUT2D eigenvalue weighted by Gasteiger charge is 2.09. The minimum atomic E-state index is -0.522. The average Bonchev–Trinajstić information content (AvgIpc) is 2.57. The van der Waals surface area contributed by atoms with Crippen LogP contribution in [0, 0.1) is 0 Å². The largest absolute Gasteiger partial charge is 0.484 e. The predicted octanol–water partition coefficient (Wildman–Crippen LogP) is 1.79. The summed E-state index contributed by atoms with van der Waals surface area (Å²) in [5.41, 5.74) is 5.57. The summed E-state index contributed by atoms with van der Waals surface area (Å²) in [6, 6.07) is 6.60. The van der Waals surface area contributed by atoms with Gasteiger partial charge in [-0.3, -0.25) is 9.59 Å². The number of hydrogen-bond donors (Lipinski definition) is 2. The number of carbonyl (C=O) groups excluding carboxylic acids is 2. The van der Waals surface area contributed by atoms with Crippen molar-refractivity contribution in [2.24, 2.45) is 5.73 Å². The second kappa shape index (κ2) is 10.6. The van der Waals surface area contributed by atoms with Crippen LogP contribution in [-0.2, 0) is 4.79 Å². The summed E-state index contributed by atoms with van der Waals surface area (Å²) < 4.78 is 5.41. The highest BCUT2D eigenvalue weighted by molar-refractivity contribution is 5.93. The minimum absolute atomic E-state index is 0.0808. The molecular formula is C18H29N3O3. The van der Waals surface area contributed by atoms with Gasteiger partial charge in [-0.1, -0.05) is 19.9 Å². The van der Waals surface area contributed by atoms with Gasteiger partial charge in [0.25, 0.3) is 5.91 Å². The molecule has 24 heavy (non-hydrogen) atoms. The van der Waals surface area contributed by atoms with Gasteiger partial charge in [0.2, 0.25) is 5.91 Å². The van der Waals surface area contributed by atoms with Gasteiger partial charge < -0.3 is 20.7 Å². The van der Waals surface area contributed by atoms with Crippen LogP contribution in [0.5, 0.6) is 5.75 Å². The number of nitrogens with one attached hydrogen (secondary N) is 1. The molecule has 1 rings (SSSR count). The van der Waals surface area contributed by atoms with Crippen molar-refractivity contribution in [2.45, 2.75) is 39.7 Å². The Morgan fingerprint density at radius 1 is 1.29 bits per heavy atom. The molecule has 0 unspecified atom stereocenters. The molecule has 2 amide bonds. The van der Waals surface area contributed by atoms with E-state index in [1.807, 2.05) is 6.92 Å². The van der Waals surface area contributed by atoms with Gasteiger partial charge in [0.1, 0.15) is 5.75 Å². The Kier molecular flexibility index (Phi) is 8.86. The zero-order valence-corrected chi connectivity index (χ0v) is 14.9. The zero-order chi connectivity index (χ0) is 17.9. The standard InChI is InChI=1S/C18H29N3O3/c1-4-21(5-2)11-7-8-14(3)20-17(22)13-24-16-10-6-9-15(12-16)18(19)23/h6,9-10,12,14H,4-5,7-8,11,13H2,1-3H3,(H2,19,23)(H,20,22)/t14-/m1/s1. The number of primary amides is 1. The molecule has 0 spiro atoms. The van der Waals surface area contributed by atoms with E-state index in [0.717, 1.165) is 32.5 Å². The second-order valence-corrected chi connectivity index (χ2v) is 5.82. The van der Waals surface area contributed by atoms with Gasteiger partial charge in [-0.25, -0.2) is 0 Å². The van der Waals surface area contributed by atoms with Crippen molar-refractivity contribution in [1.29, 1.82) is 0 Å². The first-order chi connectivity index (χ1) is 11.5. The fourth-order valence-electron chi connectivity index (χ4n) is 2.44. The lowest BCUT2D eigenvalue weighted by molar-refractivity contribution is -0.123. The molecule has 1 aromatic rings. The van der Waals surface area contributed by atoms with E-state index in [1.54, 1.807) is 18.2 Å². The summed E-state index contributed by atoms with van der Waals surface area (Å²) in [5.74, 6) is -0.239. The zero-order valence-electron chi connectivity index (χ0n) is 14.9. The van der Waals surface area contributed by atoms with Crippen LogP contribution in [0.15, 0.2) is 24.3 Å². The Bertz CT molecular complexity index is 530. The smallest absolute Gasteiger partial charge is 0.258 e. The Balaban J connectivity index is 2.30. The van der Waals surface area contributed by atoms with Gasteiger partial charge in [-0.05, 0) is 57.6 Å². The maximum Gasteiger partial charge on any atom is 0.258 e. The summed E-state index contributed by atoms with van der Waals surface area (Å²) in [5, 5.41) is 2.92. The van der Waals surface area contributed by atoms with Crippen molar-refractivity contribution in [3.8, 4) is 5.75 Å². The molecule has 0 aliphatic heterocycles. The number of ether oxygens (including phenoxy) is 1. The molecule has 0 heterocycles. The van der Waals surface area contributed by atoms with E-state index in [1.165, 1.54) is 6.07 Å². The van der Waals surface area contributed by atoms with Gasteiger partial charge in [0, 0.05) is 11.6 Å². The predicted molar refractivity (Wildman–Crippen MR) is 95.1 cm³/mol. The normalized spacial score (nSPS) is 12.0. The number of nitrogens with zero attached hydrogens (tertiary/aromatic N) is 1. The van der Waals surface area contributed by atoms with E-state index < -0.39 is 5.91 Å². The highest BCUT2D eigenvalue weighted by Crippen LogP contribution is 2.12. The fourth-order valence-corrected chi connectivity index (χ4v) is 2.44. The lowest BCUT2D eigenvalue weighted by atomic mass is 10.1. The number of rotatable bonds is 11. The summed E-state index contributed by atoms with van der Waals surface area (Å²) >= 11 is 0. The molecule has 0 fully saturated rings. The van der Waals surface area contributed by atoms with Crippen LogP contribution < -0.4 is 15.8 Å². The molecule has 6 nitrogen and oxygen atoms in total. The number of hydrogen-bond acceptors (Lipinski definition) is 4. The van der Waals surface area contributed by atoms with E-state index >= 15 is 0 Å². The van der Waals surface area contributed by atoms with E-state index in [-0.39, 0.29) is 18.6 Å². The van der Waals surface area contributed by atoms with Crippen LogP contribution in [0.25, 0.3) is 0 Å². The molecule has 6 heteroatoms. The first-order valence-corrected chi connectivity index (χ1v) is 8.50. The summed E-state index contributed by atoms with van der Waals surface area (Å²) in [6.45, 7) is 9.36. The second-order valence-electron chi connectivity index (χ2n) is 5.82. The van der Waals surface area contributed by atoms with Crippen LogP contribution in [-0.4, -0.2) is 49.0 Å². The third-order valence-electron chi connectivity index (χ3n) is 3.90. The molecule has 134 valence electrons. The van der Waals surface area contributed by atoms with Crippen LogP contribution in [0.1, 0.15) is 44.0 Å². The van der Waals surface area contributed by atoms with E-state index in [2.05, 4.69) is 24.1 Å². The molecule has 0 saturated heterocycles. The number of carbonyl (C=O) groups is 2. The molecule has 0 radical (unpaired) electrons. The molecular weight excluding hydrogens is 306 g/mol. The highest BCUT2D eigenvalue weighted by atomic mass is 16.5. The molecule has 1 aromatic carbocycles. The number of amides is 2. The van der Waals surface area contributed by atoms with Gasteiger partial charge in [-0.2, -0.15) is 0 Å². The molecule has 1 atom stereocenters. The third-order valence-corrected chi connectivity index (χ3v) is 3.90. The van der Waals surface area contributed by atoms with Crippen molar-refractivity contribution >= 4 is 11.8 Å². The van der Waals surface area contributed by atoms with Gasteiger partial charge in [0.15, 0.2) is 6.61 Å². The van der Waals surface area contributed by atoms with Gasteiger partial charge in [0.05, 0.1) is 0 Å². The molecule has 3 N–H and O–H groups in total. The molecule has 0 bridgehead atoms. The van der Waals surface area contributed by atoms with Crippen LogP contribution in [0.2, 0.25) is 0 Å². The van der Waals surface area contributed by atoms with Crippen LogP contribution in [0.4, 0.5) is 0 Å². The Morgan fingerprint density at radius 2 is 2.00 bits per heavy atom. The van der Waals surface area contributed by atoms with Crippen molar-refractivity contribution in [3.05, 3.63) is 29.8 Å². The van der Waals surface area contributed by atoms with Crippen molar-refractivity contribution in [2.75, 3.05) is 26.2 Å². The van der Waals surface area contributed by atoms with E-state index in [9.17, 15) is 9.59 Å². The minimum Gasteiger partial charge on any atom is -0.484 e. The SMILES string of the molecule is CCN(CC)CCC[C@@H](C)NC(=O)COc1cccc(C(N)=O)c1. The lowest BCUT2D eigenvalue weighted by Gasteiger charge is -2.19. The first-order valence-electron chi connectivity index (χ1n) is 8.50. The average molecular weight is 335 g/mol. The molecule has 0 aliphatic carbocycles. The maximum atomic E-state index is 11.9. The van der Waals surface area contributed by atoms with Crippen molar-refractivity contribution in [3.63, 3.8) is 0 Å². The van der Waals surface area contributed by atoms with Gasteiger partial charge in [-0.15, -0.1) is 0 Å². The lowest BCUT2D eigenvalue weighted by Crippen LogP contribution is -2.36. The van der Waals surface area contributed by atoms with Crippen molar-refractivity contribution < 1.29 is 14.3 Å². The summed E-state index contributed by atoms with van der Waals surface area (Å²) in [6.07, 6.45) is 1.98. The van der Waals surface area contributed by atoms with Crippen LogP contribution in [0.3, 0.4) is 0 Å². The van der Waals surface area contributed by atoms with E-state index in [0.29, 0.717) is 11.3 Å². The summed E-state index contributed by atoms with van der Waals surface area (Å²) in [7, 11) is 0. The van der Waals surface area contributed by atoms with E-state index in [4.69, 9.17) is 10.5 Å².